The summed E-state index contributed by atoms with van der Waals surface area (Å²) in [7, 11) is 1.65. The molecule has 0 aliphatic rings. The predicted molar refractivity (Wildman–Crippen MR) is 73.3 cm³/mol. The molecule has 19 heavy (non-hydrogen) atoms. The van der Waals surface area contributed by atoms with E-state index in [-0.39, 0.29) is 18.5 Å². The van der Waals surface area contributed by atoms with E-state index in [9.17, 15) is 9.59 Å². The summed E-state index contributed by atoms with van der Waals surface area (Å²) in [6.07, 6.45) is 2.29. The van der Waals surface area contributed by atoms with Gasteiger partial charge in [-0.3, -0.25) is 4.79 Å². The summed E-state index contributed by atoms with van der Waals surface area (Å²) in [5, 5.41) is 12.2. The van der Waals surface area contributed by atoms with Gasteiger partial charge < -0.3 is 15.3 Å². The lowest BCUT2D eigenvalue weighted by molar-refractivity contribution is -0.137. The topological polar surface area (TPSA) is 82.5 Å². The van der Waals surface area contributed by atoms with Crippen molar-refractivity contribution in [3.63, 3.8) is 0 Å². The fraction of sp³-hybridized carbons (Fsp3) is 0.583. The third-order valence-corrected chi connectivity index (χ3v) is 3.68. The Bertz CT molecular complexity index is 447. The summed E-state index contributed by atoms with van der Waals surface area (Å²) in [6.45, 7) is 4.26. The molecule has 0 aliphatic carbocycles. The molecule has 1 heterocycles. The van der Waals surface area contributed by atoms with Gasteiger partial charge in [0.25, 0.3) is 0 Å². The smallest absolute Gasteiger partial charge is 0.317 e. The van der Waals surface area contributed by atoms with E-state index < -0.39 is 5.97 Å². The minimum absolute atomic E-state index is 0.0683. The van der Waals surface area contributed by atoms with E-state index in [1.54, 1.807) is 24.6 Å². The minimum Gasteiger partial charge on any atom is -0.481 e. The van der Waals surface area contributed by atoms with Crippen LogP contribution in [0.2, 0.25) is 0 Å². The molecule has 1 unspecified atom stereocenters. The van der Waals surface area contributed by atoms with Gasteiger partial charge in [-0.25, -0.2) is 9.78 Å². The molecule has 106 valence electrons. The maximum atomic E-state index is 11.9. The van der Waals surface area contributed by atoms with Crippen molar-refractivity contribution in [3.05, 3.63) is 16.1 Å². The molecule has 0 spiro atoms. The second-order valence-electron chi connectivity index (χ2n) is 4.40. The Morgan fingerprint density at radius 3 is 2.79 bits per heavy atom. The van der Waals surface area contributed by atoms with Crippen molar-refractivity contribution >= 4 is 23.3 Å². The van der Waals surface area contributed by atoms with Crippen LogP contribution in [0.3, 0.4) is 0 Å². The number of aryl methyl sites for hydroxylation is 1. The SMILES string of the molecule is Cc1cnc(C(C)NC(=O)N(C)CCCC(=O)O)s1. The quantitative estimate of drug-likeness (QED) is 0.837. The van der Waals surface area contributed by atoms with E-state index in [0.717, 1.165) is 9.88 Å². The lowest BCUT2D eigenvalue weighted by Gasteiger charge is -2.20. The van der Waals surface area contributed by atoms with Gasteiger partial charge in [0.05, 0.1) is 6.04 Å². The normalized spacial score (nSPS) is 11.9. The molecule has 0 saturated heterocycles. The monoisotopic (exact) mass is 285 g/mol. The van der Waals surface area contributed by atoms with Crippen molar-refractivity contribution in [2.45, 2.75) is 32.7 Å². The van der Waals surface area contributed by atoms with E-state index in [1.165, 1.54) is 4.90 Å². The minimum atomic E-state index is -0.847. The highest BCUT2D eigenvalue weighted by Crippen LogP contribution is 2.18. The van der Waals surface area contributed by atoms with Gasteiger partial charge in [-0.15, -0.1) is 11.3 Å². The number of aromatic nitrogens is 1. The van der Waals surface area contributed by atoms with Gasteiger partial charge in [0, 0.05) is 31.1 Å². The van der Waals surface area contributed by atoms with Gasteiger partial charge in [-0.2, -0.15) is 0 Å². The maximum absolute atomic E-state index is 11.9. The summed E-state index contributed by atoms with van der Waals surface area (Å²) in [5.41, 5.74) is 0. The molecule has 1 aromatic heterocycles. The Labute approximate surface area is 116 Å². The predicted octanol–water partition coefficient (Wildman–Crippen LogP) is 2.02. The van der Waals surface area contributed by atoms with Crippen LogP contribution in [0.4, 0.5) is 4.79 Å². The van der Waals surface area contributed by atoms with Crippen LogP contribution in [0.1, 0.15) is 35.7 Å². The van der Waals surface area contributed by atoms with Gasteiger partial charge in [-0.1, -0.05) is 0 Å². The molecule has 1 aromatic rings. The van der Waals surface area contributed by atoms with E-state index in [0.29, 0.717) is 13.0 Å². The van der Waals surface area contributed by atoms with Crippen molar-refractivity contribution in [1.29, 1.82) is 0 Å². The largest absolute Gasteiger partial charge is 0.481 e. The van der Waals surface area contributed by atoms with Crippen LogP contribution in [0.5, 0.6) is 0 Å². The number of carbonyl (C=O) groups excluding carboxylic acids is 1. The molecule has 0 aromatic carbocycles. The molecular formula is C12H19N3O3S. The number of aliphatic carboxylic acids is 1. The van der Waals surface area contributed by atoms with E-state index in [2.05, 4.69) is 10.3 Å². The summed E-state index contributed by atoms with van der Waals surface area (Å²) in [6, 6.07) is -0.362. The lowest BCUT2D eigenvalue weighted by atomic mass is 10.3. The van der Waals surface area contributed by atoms with Gasteiger partial charge in [0.15, 0.2) is 0 Å². The Morgan fingerprint density at radius 1 is 1.58 bits per heavy atom. The summed E-state index contributed by atoms with van der Waals surface area (Å²) >= 11 is 1.55. The number of nitrogens with one attached hydrogen (secondary N) is 1. The van der Waals surface area contributed by atoms with Crippen LogP contribution in [0.15, 0.2) is 6.20 Å². The molecule has 2 N–H and O–H groups in total. The molecule has 1 atom stereocenters. The van der Waals surface area contributed by atoms with Gasteiger partial charge >= 0.3 is 12.0 Å². The zero-order valence-electron chi connectivity index (χ0n) is 11.3. The number of amides is 2. The average Bonchev–Trinajstić information content (AvgIpc) is 2.75. The number of hydrogen-bond donors (Lipinski definition) is 2. The number of nitrogens with zero attached hydrogens (tertiary/aromatic N) is 2. The molecule has 0 saturated carbocycles. The van der Waals surface area contributed by atoms with Crippen molar-refractivity contribution in [3.8, 4) is 0 Å². The third-order valence-electron chi connectivity index (χ3n) is 2.58. The van der Waals surface area contributed by atoms with Crippen LogP contribution in [0.25, 0.3) is 0 Å². The first kappa shape index (κ1) is 15.4. The van der Waals surface area contributed by atoms with Crippen LogP contribution in [0, 0.1) is 6.92 Å². The van der Waals surface area contributed by atoms with Crippen LogP contribution >= 0.6 is 11.3 Å². The molecule has 0 aliphatic heterocycles. The van der Waals surface area contributed by atoms with Crippen molar-refractivity contribution in [2.24, 2.45) is 0 Å². The molecule has 2 amide bonds. The Morgan fingerprint density at radius 2 is 2.26 bits per heavy atom. The van der Waals surface area contributed by atoms with Crippen molar-refractivity contribution in [2.75, 3.05) is 13.6 Å². The molecule has 0 radical (unpaired) electrons. The standard InChI is InChI=1S/C12H19N3O3S/c1-8-7-13-11(19-8)9(2)14-12(18)15(3)6-4-5-10(16)17/h7,9H,4-6H2,1-3H3,(H,14,18)(H,16,17). The van der Waals surface area contributed by atoms with Gasteiger partial charge in [0.1, 0.15) is 5.01 Å². The highest BCUT2D eigenvalue weighted by atomic mass is 32.1. The molecule has 7 heteroatoms. The van der Waals surface area contributed by atoms with Crippen LogP contribution in [-0.2, 0) is 4.79 Å². The van der Waals surface area contributed by atoms with Crippen LogP contribution < -0.4 is 5.32 Å². The molecule has 1 rings (SSSR count). The zero-order chi connectivity index (χ0) is 14.4. The number of carboxylic acid groups (broad SMARTS) is 1. The molecule has 0 fully saturated rings. The number of carboxylic acids is 1. The van der Waals surface area contributed by atoms with Crippen molar-refractivity contribution < 1.29 is 14.7 Å². The zero-order valence-corrected chi connectivity index (χ0v) is 12.2. The Kier molecular flexibility index (Phi) is 5.75. The van der Waals surface area contributed by atoms with E-state index >= 15 is 0 Å². The summed E-state index contributed by atoms with van der Waals surface area (Å²) < 4.78 is 0. The number of hydrogen-bond acceptors (Lipinski definition) is 4. The van der Waals surface area contributed by atoms with E-state index in [4.69, 9.17) is 5.11 Å². The fourth-order valence-electron chi connectivity index (χ4n) is 1.50. The maximum Gasteiger partial charge on any atom is 0.317 e. The average molecular weight is 285 g/mol. The highest BCUT2D eigenvalue weighted by Gasteiger charge is 2.15. The molecule has 6 nitrogen and oxygen atoms in total. The highest BCUT2D eigenvalue weighted by molar-refractivity contribution is 7.11. The lowest BCUT2D eigenvalue weighted by Crippen LogP contribution is -2.39. The Hall–Kier alpha value is -1.63. The first-order chi connectivity index (χ1) is 8.90. The third kappa shape index (κ3) is 5.25. The van der Waals surface area contributed by atoms with E-state index in [1.807, 2.05) is 13.8 Å². The number of urea groups is 1. The van der Waals surface area contributed by atoms with Gasteiger partial charge in [-0.05, 0) is 20.3 Å². The number of carbonyl (C=O) groups is 2. The molecule has 0 bridgehead atoms. The van der Waals surface area contributed by atoms with Crippen LogP contribution in [-0.4, -0.2) is 40.6 Å². The fourth-order valence-corrected chi connectivity index (χ4v) is 2.27. The van der Waals surface area contributed by atoms with Gasteiger partial charge in [0.2, 0.25) is 0 Å². The Balaban J connectivity index is 2.39. The number of rotatable bonds is 6. The second-order valence-corrected chi connectivity index (χ2v) is 5.67. The summed E-state index contributed by atoms with van der Waals surface area (Å²) in [4.78, 5) is 29.1. The summed E-state index contributed by atoms with van der Waals surface area (Å²) in [5.74, 6) is -0.847. The second kappa shape index (κ2) is 7.08. The molecular weight excluding hydrogens is 266 g/mol. The number of thiazole rings is 1. The van der Waals surface area contributed by atoms with Crippen molar-refractivity contribution in [1.82, 2.24) is 15.2 Å². The first-order valence-corrected chi connectivity index (χ1v) is 6.87. The first-order valence-electron chi connectivity index (χ1n) is 6.06.